The first kappa shape index (κ1) is 10.4. The molecular formula is C8H5BrClN3O2. The average molecular weight is 291 g/mol. The molecule has 15 heavy (non-hydrogen) atoms. The first-order valence-electron chi connectivity index (χ1n) is 3.91. The summed E-state index contributed by atoms with van der Waals surface area (Å²) in [5.41, 5.74) is 0.662. The zero-order valence-electron chi connectivity index (χ0n) is 7.57. The van der Waals surface area contributed by atoms with Crippen LogP contribution >= 0.6 is 27.5 Å². The summed E-state index contributed by atoms with van der Waals surface area (Å²) in [6.07, 6.45) is 1.57. The molecule has 5 nitrogen and oxygen atoms in total. The van der Waals surface area contributed by atoms with Crippen molar-refractivity contribution in [3.8, 4) is 0 Å². The Labute approximate surface area is 98.2 Å². The Kier molecular flexibility index (Phi) is 2.62. The van der Waals surface area contributed by atoms with Gasteiger partial charge in [-0.15, -0.1) is 0 Å². The van der Waals surface area contributed by atoms with E-state index in [1.165, 1.54) is 13.2 Å². The van der Waals surface area contributed by atoms with Gasteiger partial charge in [-0.2, -0.15) is 0 Å². The molecule has 0 radical (unpaired) electrons. The highest BCUT2D eigenvalue weighted by Gasteiger charge is 2.13. The van der Waals surface area contributed by atoms with Crippen molar-refractivity contribution in [2.75, 3.05) is 7.11 Å². The van der Waals surface area contributed by atoms with Crippen LogP contribution in [0.4, 0.5) is 0 Å². The number of fused-ring (bicyclic) bond motifs is 1. The lowest BCUT2D eigenvalue weighted by Gasteiger charge is -2.01. The van der Waals surface area contributed by atoms with Gasteiger partial charge in [-0.3, -0.25) is 4.40 Å². The molecule has 0 amide bonds. The van der Waals surface area contributed by atoms with Crippen molar-refractivity contribution < 1.29 is 9.53 Å². The lowest BCUT2D eigenvalue weighted by atomic mass is 10.4. The Morgan fingerprint density at radius 2 is 2.40 bits per heavy atom. The number of nitrogens with zero attached hydrogens (tertiary/aromatic N) is 3. The molecule has 2 heterocycles. The maximum Gasteiger partial charge on any atom is 0.356 e. The number of esters is 1. The first-order valence-corrected chi connectivity index (χ1v) is 5.08. The van der Waals surface area contributed by atoms with Gasteiger partial charge in [-0.1, -0.05) is 0 Å². The molecule has 0 saturated heterocycles. The standard InChI is InChI=1S/C8H5BrClN3O2/c1-15-7(14)4-2-6-11-3-5(9)13(6)8(10)12-4/h2-3H,1H3. The van der Waals surface area contributed by atoms with E-state index in [0.717, 1.165) is 0 Å². The summed E-state index contributed by atoms with van der Waals surface area (Å²) in [6.45, 7) is 0. The highest BCUT2D eigenvalue weighted by Crippen LogP contribution is 2.19. The van der Waals surface area contributed by atoms with Crippen LogP contribution in [0.15, 0.2) is 16.9 Å². The molecule has 7 heteroatoms. The van der Waals surface area contributed by atoms with E-state index in [1.54, 1.807) is 10.6 Å². The maximum atomic E-state index is 11.2. The van der Waals surface area contributed by atoms with Crippen molar-refractivity contribution in [2.45, 2.75) is 0 Å². The van der Waals surface area contributed by atoms with Crippen LogP contribution in [0.2, 0.25) is 5.28 Å². The van der Waals surface area contributed by atoms with E-state index < -0.39 is 5.97 Å². The summed E-state index contributed by atoms with van der Waals surface area (Å²) in [5, 5.41) is 0.150. The number of imidazole rings is 1. The second-order valence-electron chi connectivity index (χ2n) is 2.68. The second-order valence-corrected chi connectivity index (χ2v) is 3.83. The summed E-state index contributed by atoms with van der Waals surface area (Å²) < 4.78 is 6.77. The van der Waals surface area contributed by atoms with E-state index in [4.69, 9.17) is 11.6 Å². The van der Waals surface area contributed by atoms with Crippen molar-refractivity contribution in [3.05, 3.63) is 27.8 Å². The third-order valence-corrected chi connectivity index (χ3v) is 2.62. The van der Waals surface area contributed by atoms with Gasteiger partial charge in [0.05, 0.1) is 13.3 Å². The molecule has 2 aromatic heterocycles. The minimum atomic E-state index is -0.543. The van der Waals surface area contributed by atoms with E-state index in [1.807, 2.05) is 0 Å². The molecule has 0 aliphatic carbocycles. The highest BCUT2D eigenvalue weighted by molar-refractivity contribution is 9.10. The first-order chi connectivity index (χ1) is 7.13. The Morgan fingerprint density at radius 3 is 3.07 bits per heavy atom. The van der Waals surface area contributed by atoms with Crippen LogP contribution in [0.5, 0.6) is 0 Å². The van der Waals surface area contributed by atoms with Crippen LogP contribution < -0.4 is 0 Å². The van der Waals surface area contributed by atoms with E-state index in [9.17, 15) is 4.79 Å². The number of carbonyl (C=O) groups excluding carboxylic acids is 1. The molecular weight excluding hydrogens is 285 g/mol. The molecule has 0 spiro atoms. The van der Waals surface area contributed by atoms with Crippen molar-refractivity contribution >= 4 is 39.1 Å². The molecule has 0 aliphatic heterocycles. The fourth-order valence-electron chi connectivity index (χ4n) is 1.14. The number of methoxy groups -OCH3 is 1. The van der Waals surface area contributed by atoms with Crippen molar-refractivity contribution in [2.24, 2.45) is 0 Å². The Hall–Kier alpha value is -1.14. The SMILES string of the molecule is COC(=O)c1cc2ncc(Br)n2c(Cl)n1. The predicted molar refractivity (Wildman–Crippen MR) is 57.0 cm³/mol. The third-order valence-electron chi connectivity index (χ3n) is 1.80. The third kappa shape index (κ3) is 1.70. The van der Waals surface area contributed by atoms with Crippen LogP contribution in [-0.4, -0.2) is 27.4 Å². The molecule has 0 bridgehead atoms. The Bertz CT molecular complexity index is 540. The van der Waals surface area contributed by atoms with Gasteiger partial charge in [0, 0.05) is 6.07 Å². The molecule has 0 aliphatic rings. The number of rotatable bonds is 1. The normalized spacial score (nSPS) is 10.6. The number of hydrogen-bond acceptors (Lipinski definition) is 4. The summed E-state index contributed by atoms with van der Waals surface area (Å²) in [6, 6.07) is 1.50. The van der Waals surface area contributed by atoms with E-state index in [2.05, 4.69) is 30.6 Å². The molecule has 2 aromatic rings. The molecule has 0 aromatic carbocycles. The van der Waals surface area contributed by atoms with Crippen molar-refractivity contribution in [1.29, 1.82) is 0 Å². The van der Waals surface area contributed by atoms with Gasteiger partial charge in [-0.25, -0.2) is 14.8 Å². The molecule has 0 fully saturated rings. The second kappa shape index (κ2) is 3.79. The van der Waals surface area contributed by atoms with Crippen molar-refractivity contribution in [1.82, 2.24) is 14.4 Å². The van der Waals surface area contributed by atoms with Gasteiger partial charge < -0.3 is 4.74 Å². The monoisotopic (exact) mass is 289 g/mol. The average Bonchev–Trinajstić information content (AvgIpc) is 2.59. The lowest BCUT2D eigenvalue weighted by Crippen LogP contribution is -2.06. The van der Waals surface area contributed by atoms with Gasteiger partial charge in [0.25, 0.3) is 0 Å². The van der Waals surface area contributed by atoms with E-state index >= 15 is 0 Å². The zero-order valence-corrected chi connectivity index (χ0v) is 9.91. The van der Waals surface area contributed by atoms with Gasteiger partial charge in [0.15, 0.2) is 5.69 Å². The van der Waals surface area contributed by atoms with Crippen LogP contribution in [0.3, 0.4) is 0 Å². The van der Waals surface area contributed by atoms with Crippen LogP contribution in [0.25, 0.3) is 5.65 Å². The number of aromatic nitrogens is 3. The molecule has 0 N–H and O–H groups in total. The van der Waals surface area contributed by atoms with Crippen LogP contribution in [0.1, 0.15) is 10.5 Å². The zero-order chi connectivity index (χ0) is 11.0. The predicted octanol–water partition coefficient (Wildman–Crippen LogP) is 1.93. The van der Waals surface area contributed by atoms with Gasteiger partial charge in [0.2, 0.25) is 5.28 Å². The Balaban J connectivity index is 2.68. The quantitative estimate of drug-likeness (QED) is 0.595. The lowest BCUT2D eigenvalue weighted by molar-refractivity contribution is 0.0594. The molecule has 78 valence electrons. The molecule has 2 rings (SSSR count). The minimum Gasteiger partial charge on any atom is -0.464 e. The van der Waals surface area contributed by atoms with Crippen molar-refractivity contribution in [3.63, 3.8) is 0 Å². The van der Waals surface area contributed by atoms with E-state index in [0.29, 0.717) is 10.3 Å². The van der Waals surface area contributed by atoms with Crippen LogP contribution in [0, 0.1) is 0 Å². The molecule has 0 saturated carbocycles. The topological polar surface area (TPSA) is 56.5 Å². The van der Waals surface area contributed by atoms with Crippen LogP contribution in [-0.2, 0) is 4.74 Å². The number of carbonyl (C=O) groups is 1. The van der Waals surface area contributed by atoms with E-state index in [-0.39, 0.29) is 11.0 Å². The summed E-state index contributed by atoms with van der Waals surface area (Å²) in [5.74, 6) is -0.543. The fraction of sp³-hybridized carbons (Fsp3) is 0.125. The smallest absolute Gasteiger partial charge is 0.356 e. The molecule has 0 unspecified atom stereocenters. The largest absolute Gasteiger partial charge is 0.464 e. The van der Waals surface area contributed by atoms with Gasteiger partial charge in [-0.05, 0) is 27.5 Å². The van der Waals surface area contributed by atoms with Gasteiger partial charge >= 0.3 is 5.97 Å². The minimum absolute atomic E-state index is 0.133. The summed E-state index contributed by atoms with van der Waals surface area (Å²) in [4.78, 5) is 19.2. The highest BCUT2D eigenvalue weighted by atomic mass is 79.9. The molecule has 0 atom stereocenters. The number of hydrogen-bond donors (Lipinski definition) is 0. The number of halogens is 2. The van der Waals surface area contributed by atoms with Gasteiger partial charge in [0.1, 0.15) is 10.3 Å². The maximum absolute atomic E-state index is 11.2. The fourth-order valence-corrected chi connectivity index (χ4v) is 1.96. The summed E-state index contributed by atoms with van der Waals surface area (Å²) in [7, 11) is 1.28. The number of ether oxygens (including phenoxy) is 1. The summed E-state index contributed by atoms with van der Waals surface area (Å²) >= 11 is 9.14. The Morgan fingerprint density at radius 1 is 1.67 bits per heavy atom.